The van der Waals surface area contributed by atoms with E-state index in [2.05, 4.69) is 22.9 Å². The van der Waals surface area contributed by atoms with Gasteiger partial charge in [0.15, 0.2) is 0 Å². The molecule has 7 heteroatoms. The van der Waals surface area contributed by atoms with Crippen molar-refractivity contribution < 1.29 is 19.1 Å². The molecule has 0 aromatic heterocycles. The molecule has 0 radical (unpaired) electrons. The third-order valence-electron chi connectivity index (χ3n) is 5.09. The molecule has 2 amide bonds. The standard InChI is InChI=1S/C28H33N3O4/c1-2-3-5-16-27(32)30-23-11-8-12-24(19-23)31-28(33)21-29-22-10-9-15-26(20-22)35-18-17-34-25-13-6-4-7-14-25/h4,6-15,19-20,29H,2-3,5,16-18,21H2,1H3,(H,30,32)(H,31,33). The maximum atomic E-state index is 12.4. The van der Waals surface area contributed by atoms with Gasteiger partial charge in [-0.05, 0) is 48.9 Å². The smallest absolute Gasteiger partial charge is 0.243 e. The van der Waals surface area contributed by atoms with Crippen molar-refractivity contribution in [3.63, 3.8) is 0 Å². The van der Waals surface area contributed by atoms with Crippen LogP contribution in [-0.4, -0.2) is 31.6 Å². The largest absolute Gasteiger partial charge is 0.490 e. The number of carbonyl (C=O) groups is 2. The van der Waals surface area contributed by atoms with Gasteiger partial charge in [0.25, 0.3) is 0 Å². The summed E-state index contributed by atoms with van der Waals surface area (Å²) in [5, 5.41) is 8.83. The second-order valence-corrected chi connectivity index (χ2v) is 8.03. The average Bonchev–Trinajstić information content (AvgIpc) is 2.87. The summed E-state index contributed by atoms with van der Waals surface area (Å²) in [7, 11) is 0. The van der Waals surface area contributed by atoms with E-state index in [0.717, 1.165) is 30.7 Å². The minimum absolute atomic E-state index is 0.0164. The molecule has 35 heavy (non-hydrogen) atoms. The first-order valence-electron chi connectivity index (χ1n) is 12.0. The van der Waals surface area contributed by atoms with Gasteiger partial charge in [0.05, 0.1) is 6.54 Å². The Morgan fingerprint density at radius 3 is 2.06 bits per heavy atom. The van der Waals surface area contributed by atoms with E-state index in [1.54, 1.807) is 18.2 Å². The van der Waals surface area contributed by atoms with Gasteiger partial charge >= 0.3 is 0 Å². The minimum atomic E-state index is -0.195. The van der Waals surface area contributed by atoms with Gasteiger partial charge in [0, 0.05) is 29.5 Å². The van der Waals surface area contributed by atoms with Crippen LogP contribution >= 0.6 is 0 Å². The van der Waals surface area contributed by atoms with Gasteiger partial charge in [0.1, 0.15) is 24.7 Å². The monoisotopic (exact) mass is 475 g/mol. The summed E-state index contributed by atoms with van der Waals surface area (Å²) in [6.45, 7) is 3.04. The molecule has 3 aromatic carbocycles. The van der Waals surface area contributed by atoms with E-state index in [1.165, 1.54) is 0 Å². The van der Waals surface area contributed by atoms with Gasteiger partial charge in [0.2, 0.25) is 11.8 Å². The second kappa shape index (κ2) is 14.3. The van der Waals surface area contributed by atoms with Gasteiger partial charge in [-0.3, -0.25) is 9.59 Å². The number of ether oxygens (including phenoxy) is 2. The lowest BCUT2D eigenvalue weighted by molar-refractivity contribution is -0.116. The van der Waals surface area contributed by atoms with Gasteiger partial charge in [-0.1, -0.05) is 50.1 Å². The maximum absolute atomic E-state index is 12.4. The Morgan fingerprint density at radius 2 is 1.31 bits per heavy atom. The Morgan fingerprint density at radius 1 is 0.686 bits per heavy atom. The van der Waals surface area contributed by atoms with Crippen LogP contribution in [0.2, 0.25) is 0 Å². The SMILES string of the molecule is CCCCCC(=O)Nc1cccc(NC(=O)CNc2cccc(OCCOc3ccccc3)c2)c1. The van der Waals surface area contributed by atoms with Crippen molar-refractivity contribution in [1.82, 2.24) is 0 Å². The summed E-state index contributed by atoms with van der Waals surface area (Å²) in [4.78, 5) is 24.4. The number of rotatable bonds is 14. The molecule has 0 unspecified atom stereocenters. The minimum Gasteiger partial charge on any atom is -0.490 e. The molecule has 3 aromatic rings. The molecule has 0 fully saturated rings. The highest BCUT2D eigenvalue weighted by molar-refractivity contribution is 5.95. The van der Waals surface area contributed by atoms with Crippen LogP contribution in [0.4, 0.5) is 17.1 Å². The van der Waals surface area contributed by atoms with Crippen LogP contribution in [0, 0.1) is 0 Å². The third-order valence-corrected chi connectivity index (χ3v) is 5.09. The number of anilines is 3. The normalized spacial score (nSPS) is 10.3. The lowest BCUT2D eigenvalue weighted by Crippen LogP contribution is -2.22. The lowest BCUT2D eigenvalue weighted by Gasteiger charge is -2.12. The van der Waals surface area contributed by atoms with Gasteiger partial charge in [-0.25, -0.2) is 0 Å². The molecule has 184 valence electrons. The molecule has 0 aliphatic rings. The highest BCUT2D eigenvalue weighted by atomic mass is 16.5. The number of hydrogen-bond acceptors (Lipinski definition) is 5. The lowest BCUT2D eigenvalue weighted by atomic mass is 10.2. The topological polar surface area (TPSA) is 88.7 Å². The fourth-order valence-electron chi connectivity index (χ4n) is 3.35. The number of hydrogen-bond donors (Lipinski definition) is 3. The van der Waals surface area contributed by atoms with E-state index in [-0.39, 0.29) is 18.4 Å². The van der Waals surface area contributed by atoms with Crippen molar-refractivity contribution in [1.29, 1.82) is 0 Å². The first-order valence-corrected chi connectivity index (χ1v) is 12.0. The van der Waals surface area contributed by atoms with Gasteiger partial charge < -0.3 is 25.4 Å². The van der Waals surface area contributed by atoms with E-state index in [9.17, 15) is 9.59 Å². The van der Waals surface area contributed by atoms with Crippen molar-refractivity contribution in [3.8, 4) is 11.5 Å². The van der Waals surface area contributed by atoms with Crippen molar-refractivity contribution in [3.05, 3.63) is 78.9 Å². The first kappa shape index (κ1) is 25.6. The van der Waals surface area contributed by atoms with Crippen LogP contribution in [0.15, 0.2) is 78.9 Å². The molecule has 3 rings (SSSR count). The zero-order valence-electron chi connectivity index (χ0n) is 20.1. The molecule has 7 nitrogen and oxygen atoms in total. The molecule has 0 bridgehead atoms. The molecule has 0 heterocycles. The quantitative estimate of drug-likeness (QED) is 0.260. The summed E-state index contributed by atoms with van der Waals surface area (Å²) in [5.74, 6) is 1.28. The summed E-state index contributed by atoms with van der Waals surface area (Å²) >= 11 is 0. The van der Waals surface area contributed by atoms with Crippen molar-refractivity contribution in [2.75, 3.05) is 35.7 Å². The Bertz CT molecular complexity index is 1070. The third kappa shape index (κ3) is 9.80. The number of benzene rings is 3. The first-order chi connectivity index (χ1) is 17.1. The van der Waals surface area contributed by atoms with Gasteiger partial charge in [-0.2, -0.15) is 0 Å². The van der Waals surface area contributed by atoms with E-state index < -0.39 is 0 Å². The van der Waals surface area contributed by atoms with Gasteiger partial charge in [-0.15, -0.1) is 0 Å². The van der Waals surface area contributed by atoms with Crippen LogP contribution in [0.25, 0.3) is 0 Å². The second-order valence-electron chi connectivity index (χ2n) is 8.03. The summed E-state index contributed by atoms with van der Waals surface area (Å²) in [6, 6.07) is 24.2. The molecule has 0 saturated heterocycles. The van der Waals surface area contributed by atoms with Crippen molar-refractivity contribution in [2.45, 2.75) is 32.6 Å². The van der Waals surface area contributed by atoms with Crippen LogP contribution in [-0.2, 0) is 9.59 Å². The summed E-state index contributed by atoms with van der Waals surface area (Å²) in [6.07, 6.45) is 3.48. The number of para-hydroxylation sites is 1. The molecule has 0 aliphatic carbocycles. The van der Waals surface area contributed by atoms with E-state index in [4.69, 9.17) is 9.47 Å². The van der Waals surface area contributed by atoms with E-state index in [1.807, 2.05) is 60.7 Å². The van der Waals surface area contributed by atoms with Crippen molar-refractivity contribution in [2.24, 2.45) is 0 Å². The zero-order chi connectivity index (χ0) is 24.7. The predicted octanol–water partition coefficient (Wildman–Crippen LogP) is 5.71. The zero-order valence-corrected chi connectivity index (χ0v) is 20.1. The Kier molecular flexibility index (Phi) is 10.5. The molecule has 0 saturated carbocycles. The summed E-state index contributed by atoms with van der Waals surface area (Å²) in [5.41, 5.74) is 2.06. The van der Waals surface area contributed by atoms with Crippen LogP contribution < -0.4 is 25.4 Å². The molecular formula is C28H33N3O4. The maximum Gasteiger partial charge on any atom is 0.243 e. The Balaban J connectivity index is 1.40. The fourth-order valence-corrected chi connectivity index (χ4v) is 3.35. The Hall–Kier alpha value is -4.00. The number of unbranched alkanes of at least 4 members (excludes halogenated alkanes) is 2. The number of carbonyl (C=O) groups excluding carboxylic acids is 2. The molecule has 0 spiro atoms. The van der Waals surface area contributed by atoms with E-state index >= 15 is 0 Å². The molecule has 0 aliphatic heterocycles. The average molecular weight is 476 g/mol. The number of nitrogens with one attached hydrogen (secondary N) is 3. The highest BCUT2D eigenvalue weighted by Gasteiger charge is 2.06. The Labute approximate surface area is 206 Å². The van der Waals surface area contributed by atoms with E-state index in [0.29, 0.717) is 36.8 Å². The molecular weight excluding hydrogens is 442 g/mol. The fraction of sp³-hybridized carbons (Fsp3) is 0.286. The summed E-state index contributed by atoms with van der Waals surface area (Å²) < 4.78 is 11.4. The van der Waals surface area contributed by atoms with Crippen LogP contribution in [0.3, 0.4) is 0 Å². The molecule has 3 N–H and O–H groups in total. The highest BCUT2D eigenvalue weighted by Crippen LogP contribution is 2.18. The van der Waals surface area contributed by atoms with Crippen molar-refractivity contribution >= 4 is 28.9 Å². The number of amides is 2. The van der Waals surface area contributed by atoms with Crippen LogP contribution in [0.1, 0.15) is 32.6 Å². The predicted molar refractivity (Wildman–Crippen MR) is 140 cm³/mol. The van der Waals surface area contributed by atoms with Crippen LogP contribution in [0.5, 0.6) is 11.5 Å². The molecule has 0 atom stereocenters.